The lowest BCUT2D eigenvalue weighted by Crippen LogP contribution is -2.24. The number of benzene rings is 2. The summed E-state index contributed by atoms with van der Waals surface area (Å²) in [4.78, 5) is 49.7. The molecular weight excluding hydrogens is 733 g/mol. The maximum Gasteiger partial charge on any atom is 0.306 e. The van der Waals surface area contributed by atoms with E-state index in [9.17, 15) is 19.2 Å². The Morgan fingerprint density at radius 1 is 0.593 bits per heavy atom. The Balaban J connectivity index is 0.000000290. The number of fused-ring (bicyclic) bond motifs is 2. The molecular formula is C41H54O11S2. The average molecular weight is 787 g/mol. The first kappa shape index (κ1) is 44.2. The fourth-order valence-corrected chi connectivity index (χ4v) is 7.03. The number of unbranched alkanes of at least 4 members (excludes halogenated alkanes) is 1. The topological polar surface area (TPSA) is 144 Å². The van der Waals surface area contributed by atoms with E-state index in [2.05, 4.69) is 6.92 Å². The molecule has 0 bridgehead atoms. The molecule has 2 aromatic heterocycles. The summed E-state index contributed by atoms with van der Waals surface area (Å²) in [6.07, 6.45) is 2.94. The highest BCUT2D eigenvalue weighted by molar-refractivity contribution is 7.21. The van der Waals surface area contributed by atoms with Crippen molar-refractivity contribution in [3.63, 3.8) is 0 Å². The third kappa shape index (κ3) is 14.2. The molecule has 296 valence electrons. The number of aliphatic hydroxyl groups excluding tert-OH is 1. The molecule has 4 aromatic rings. The van der Waals surface area contributed by atoms with E-state index in [1.807, 2.05) is 51.1 Å². The van der Waals surface area contributed by atoms with Crippen molar-refractivity contribution in [2.45, 2.75) is 105 Å². The summed E-state index contributed by atoms with van der Waals surface area (Å²) in [7, 11) is 3.16. The van der Waals surface area contributed by atoms with Crippen molar-refractivity contribution < 1.29 is 52.7 Å². The second-order valence-electron chi connectivity index (χ2n) is 14.4. The van der Waals surface area contributed by atoms with Crippen molar-refractivity contribution in [1.29, 1.82) is 0 Å². The van der Waals surface area contributed by atoms with Crippen LogP contribution in [-0.2, 0) is 19.1 Å². The van der Waals surface area contributed by atoms with Crippen molar-refractivity contribution in [2.75, 3.05) is 34.0 Å². The maximum atomic E-state index is 12.5. The van der Waals surface area contributed by atoms with Crippen molar-refractivity contribution in [3.8, 4) is 23.0 Å². The summed E-state index contributed by atoms with van der Waals surface area (Å²) >= 11 is 2.76. The predicted molar refractivity (Wildman–Crippen MR) is 213 cm³/mol. The number of ether oxygens (including phenoxy) is 6. The van der Waals surface area contributed by atoms with Gasteiger partial charge in [-0.2, -0.15) is 0 Å². The number of esters is 2. The number of rotatable bonds is 18. The van der Waals surface area contributed by atoms with Crippen molar-refractivity contribution >= 4 is 66.4 Å². The Kier molecular flexibility index (Phi) is 16.8. The van der Waals surface area contributed by atoms with E-state index in [1.54, 1.807) is 41.1 Å². The molecule has 2 aromatic carbocycles. The van der Waals surface area contributed by atoms with E-state index in [1.165, 1.54) is 22.7 Å². The van der Waals surface area contributed by atoms with Gasteiger partial charge in [-0.15, -0.1) is 22.7 Å². The van der Waals surface area contributed by atoms with Gasteiger partial charge in [0, 0.05) is 47.4 Å². The summed E-state index contributed by atoms with van der Waals surface area (Å²) in [5, 5.41) is 10.7. The van der Waals surface area contributed by atoms with Crippen LogP contribution in [0.3, 0.4) is 0 Å². The fourth-order valence-electron chi connectivity index (χ4n) is 4.95. The molecule has 0 spiro atoms. The van der Waals surface area contributed by atoms with Crippen LogP contribution in [0.5, 0.6) is 23.0 Å². The van der Waals surface area contributed by atoms with Gasteiger partial charge in [0.2, 0.25) is 0 Å². The Bertz CT molecular complexity index is 1740. The number of carbonyl (C=O) groups is 4. The highest BCUT2D eigenvalue weighted by Gasteiger charge is 2.21. The molecule has 54 heavy (non-hydrogen) atoms. The second kappa shape index (κ2) is 20.5. The monoisotopic (exact) mass is 786 g/mol. The van der Waals surface area contributed by atoms with Crippen LogP contribution in [0.2, 0.25) is 0 Å². The standard InChI is InChI=1S/C21H28O5S.C20H26O6S/c1-6-7-10-25-17-11-14-12-19(27-18(14)13-16(17)24-5)15(22)8-9-20(23)26-21(2,3)4;1-20(2,3)26-19(23)7-6-14(22)18-11-13-10-16(25-9-5-8-21)15(24-4)12-17(13)27-18/h11-13H,6-10H2,1-5H3;10-12,21H,5-9H2,1-4H3. The predicted octanol–water partition coefficient (Wildman–Crippen LogP) is 9.37. The molecule has 0 radical (unpaired) electrons. The normalized spacial score (nSPS) is 11.4. The van der Waals surface area contributed by atoms with Gasteiger partial charge in [-0.1, -0.05) is 13.3 Å². The number of Topliss-reactive ketones (excluding diaryl/α,β-unsaturated/α-hetero) is 2. The van der Waals surface area contributed by atoms with Gasteiger partial charge in [0.25, 0.3) is 0 Å². The first-order valence-electron chi connectivity index (χ1n) is 18.1. The molecule has 4 rings (SSSR count). The van der Waals surface area contributed by atoms with Crippen LogP contribution in [0.1, 0.15) is 113 Å². The van der Waals surface area contributed by atoms with Crippen LogP contribution in [0, 0.1) is 0 Å². The number of aliphatic hydroxyl groups is 1. The number of thiophene rings is 2. The molecule has 0 saturated heterocycles. The van der Waals surface area contributed by atoms with E-state index in [4.69, 9.17) is 33.5 Å². The number of methoxy groups -OCH3 is 2. The average Bonchev–Trinajstić information content (AvgIpc) is 3.71. The molecule has 0 amide bonds. The molecule has 2 heterocycles. The van der Waals surface area contributed by atoms with Gasteiger partial charge < -0.3 is 33.5 Å². The van der Waals surface area contributed by atoms with Gasteiger partial charge in [-0.05, 0) is 83.0 Å². The maximum absolute atomic E-state index is 12.5. The minimum absolute atomic E-state index is 0.0549. The molecule has 0 aliphatic rings. The summed E-state index contributed by atoms with van der Waals surface area (Å²) in [6.45, 7) is 14.0. The van der Waals surface area contributed by atoms with E-state index in [0.29, 0.717) is 52.4 Å². The highest BCUT2D eigenvalue weighted by Crippen LogP contribution is 2.38. The van der Waals surface area contributed by atoms with Gasteiger partial charge in [0.1, 0.15) is 11.2 Å². The lowest BCUT2D eigenvalue weighted by Gasteiger charge is -2.19. The third-order valence-electron chi connectivity index (χ3n) is 7.42. The van der Waals surface area contributed by atoms with E-state index in [-0.39, 0.29) is 55.8 Å². The van der Waals surface area contributed by atoms with Crippen molar-refractivity contribution in [1.82, 2.24) is 0 Å². The van der Waals surface area contributed by atoms with Crippen LogP contribution in [0.4, 0.5) is 0 Å². The van der Waals surface area contributed by atoms with E-state index in [0.717, 1.165) is 33.0 Å². The van der Waals surface area contributed by atoms with Crippen LogP contribution in [0.25, 0.3) is 20.2 Å². The zero-order chi connectivity index (χ0) is 40.1. The second-order valence-corrected chi connectivity index (χ2v) is 16.6. The molecule has 0 fully saturated rings. The van der Waals surface area contributed by atoms with Crippen LogP contribution >= 0.6 is 22.7 Å². The largest absolute Gasteiger partial charge is 0.493 e. The molecule has 0 aliphatic heterocycles. The van der Waals surface area contributed by atoms with Crippen LogP contribution < -0.4 is 18.9 Å². The minimum Gasteiger partial charge on any atom is -0.493 e. The molecule has 11 nitrogen and oxygen atoms in total. The molecule has 0 saturated carbocycles. The number of hydrogen-bond donors (Lipinski definition) is 1. The van der Waals surface area contributed by atoms with Gasteiger partial charge in [-0.3, -0.25) is 19.2 Å². The zero-order valence-corrected chi connectivity index (χ0v) is 34.5. The van der Waals surface area contributed by atoms with Crippen LogP contribution in [0.15, 0.2) is 36.4 Å². The molecule has 1 N–H and O–H groups in total. The summed E-state index contributed by atoms with van der Waals surface area (Å²) in [5.74, 6) is 1.61. The smallest absolute Gasteiger partial charge is 0.306 e. The molecule has 13 heteroatoms. The first-order valence-corrected chi connectivity index (χ1v) is 19.7. The van der Waals surface area contributed by atoms with Gasteiger partial charge in [0.15, 0.2) is 34.6 Å². The van der Waals surface area contributed by atoms with E-state index < -0.39 is 11.2 Å². The summed E-state index contributed by atoms with van der Waals surface area (Å²) in [5.41, 5.74) is -1.09. The molecule has 0 aliphatic carbocycles. The zero-order valence-electron chi connectivity index (χ0n) is 32.9. The van der Waals surface area contributed by atoms with Crippen molar-refractivity contribution in [3.05, 3.63) is 46.2 Å². The van der Waals surface area contributed by atoms with E-state index >= 15 is 0 Å². The molecule has 0 atom stereocenters. The summed E-state index contributed by atoms with van der Waals surface area (Å²) in [6, 6.07) is 11.1. The Morgan fingerprint density at radius 3 is 1.35 bits per heavy atom. The third-order valence-corrected chi connectivity index (χ3v) is 9.70. The van der Waals surface area contributed by atoms with Gasteiger partial charge in [0.05, 0.1) is 50.0 Å². The van der Waals surface area contributed by atoms with Gasteiger partial charge in [-0.25, -0.2) is 0 Å². The van der Waals surface area contributed by atoms with Gasteiger partial charge >= 0.3 is 11.9 Å². The minimum atomic E-state index is -0.555. The number of hydrogen-bond acceptors (Lipinski definition) is 13. The fraction of sp³-hybridized carbons (Fsp3) is 0.512. The molecule has 0 unspecified atom stereocenters. The quantitative estimate of drug-likeness (QED) is 0.0585. The first-order chi connectivity index (χ1) is 25.5. The number of ketones is 2. The Labute approximate surface area is 325 Å². The summed E-state index contributed by atoms with van der Waals surface area (Å²) < 4.78 is 34.6. The Morgan fingerprint density at radius 2 is 1.00 bits per heavy atom. The Hall–Kier alpha value is -4.20. The highest BCUT2D eigenvalue weighted by atomic mass is 32.1. The lowest BCUT2D eigenvalue weighted by atomic mass is 10.1. The SMILES string of the molecule is CCCCOc1cc2cc(C(=O)CCC(=O)OC(C)(C)C)sc2cc1OC.COc1cc2sc(C(=O)CCC(=O)OC(C)(C)C)cc2cc1OCCCO. The lowest BCUT2D eigenvalue weighted by molar-refractivity contribution is -0.155. The van der Waals surface area contributed by atoms with Crippen molar-refractivity contribution in [2.24, 2.45) is 0 Å². The van der Waals surface area contributed by atoms with Crippen LogP contribution in [-0.4, -0.2) is 73.9 Å². The number of carbonyl (C=O) groups excluding carboxylic acids is 4.